The van der Waals surface area contributed by atoms with Gasteiger partial charge in [-0.1, -0.05) is 6.07 Å². The Balaban J connectivity index is 1.47. The van der Waals surface area contributed by atoms with Gasteiger partial charge in [-0.2, -0.15) is 0 Å². The fourth-order valence-corrected chi connectivity index (χ4v) is 2.94. The number of nitrogens with zero attached hydrogens (tertiary/aromatic N) is 1. The van der Waals surface area contributed by atoms with E-state index in [1.807, 2.05) is 30.0 Å². The predicted molar refractivity (Wildman–Crippen MR) is 83.6 cm³/mol. The molecule has 2 aliphatic rings. The van der Waals surface area contributed by atoms with Crippen LogP contribution in [-0.2, 0) is 14.3 Å². The highest BCUT2D eigenvalue weighted by atomic mass is 16.7. The number of amides is 1. The van der Waals surface area contributed by atoms with Crippen LogP contribution in [0.4, 0.5) is 0 Å². The van der Waals surface area contributed by atoms with E-state index in [1.165, 1.54) is 0 Å². The molecule has 0 saturated carbocycles. The Morgan fingerprint density at radius 3 is 2.48 bits per heavy atom. The molecule has 126 valence electrons. The average molecular weight is 321 g/mol. The van der Waals surface area contributed by atoms with Crippen LogP contribution in [-0.4, -0.2) is 56.1 Å². The lowest BCUT2D eigenvalue weighted by Crippen LogP contribution is -2.48. The molecule has 2 saturated heterocycles. The SMILES string of the molecule is CCOc1cccc(OCC(=O)N2CCC3(CC2)OCCO3)c1. The predicted octanol–water partition coefficient (Wildman–Crippen LogP) is 1.83. The third kappa shape index (κ3) is 3.95. The molecule has 1 amide bonds. The number of ether oxygens (including phenoxy) is 4. The summed E-state index contributed by atoms with van der Waals surface area (Å²) in [5, 5.41) is 0. The van der Waals surface area contributed by atoms with Crippen molar-refractivity contribution in [2.24, 2.45) is 0 Å². The molecular formula is C17H23NO5. The molecule has 1 aromatic rings. The third-order valence-electron chi connectivity index (χ3n) is 4.17. The van der Waals surface area contributed by atoms with Crippen LogP contribution in [0.2, 0.25) is 0 Å². The zero-order valence-electron chi connectivity index (χ0n) is 13.5. The van der Waals surface area contributed by atoms with Gasteiger partial charge in [-0.15, -0.1) is 0 Å². The van der Waals surface area contributed by atoms with Gasteiger partial charge in [0.2, 0.25) is 0 Å². The van der Waals surface area contributed by atoms with Gasteiger partial charge in [0, 0.05) is 32.0 Å². The van der Waals surface area contributed by atoms with Crippen LogP contribution >= 0.6 is 0 Å². The number of benzene rings is 1. The first-order chi connectivity index (χ1) is 11.2. The van der Waals surface area contributed by atoms with Crippen molar-refractivity contribution < 1.29 is 23.7 Å². The van der Waals surface area contributed by atoms with Crippen LogP contribution in [0, 0.1) is 0 Å². The monoisotopic (exact) mass is 321 g/mol. The Labute approximate surface area is 136 Å². The number of likely N-dealkylation sites (tertiary alicyclic amines) is 1. The highest BCUT2D eigenvalue weighted by molar-refractivity contribution is 5.77. The van der Waals surface area contributed by atoms with Gasteiger partial charge in [0.15, 0.2) is 12.4 Å². The van der Waals surface area contributed by atoms with Gasteiger partial charge >= 0.3 is 0 Å². The lowest BCUT2D eigenvalue weighted by molar-refractivity contribution is -0.187. The Hall–Kier alpha value is -1.79. The lowest BCUT2D eigenvalue weighted by atomic mass is 10.0. The molecule has 0 unspecified atom stereocenters. The molecule has 0 aliphatic carbocycles. The fraction of sp³-hybridized carbons (Fsp3) is 0.588. The molecule has 6 nitrogen and oxygen atoms in total. The fourth-order valence-electron chi connectivity index (χ4n) is 2.94. The summed E-state index contributed by atoms with van der Waals surface area (Å²) in [6.45, 7) is 5.13. The van der Waals surface area contributed by atoms with Crippen LogP contribution in [0.15, 0.2) is 24.3 Å². The molecule has 2 fully saturated rings. The molecule has 0 bridgehead atoms. The normalized spacial score (nSPS) is 19.8. The zero-order valence-corrected chi connectivity index (χ0v) is 13.5. The molecule has 3 rings (SSSR count). The van der Waals surface area contributed by atoms with Crippen molar-refractivity contribution in [3.8, 4) is 11.5 Å². The van der Waals surface area contributed by atoms with Crippen molar-refractivity contribution in [3.05, 3.63) is 24.3 Å². The second kappa shape index (κ2) is 7.19. The Bertz CT molecular complexity index is 532. The van der Waals surface area contributed by atoms with E-state index in [0.29, 0.717) is 38.7 Å². The molecule has 1 spiro atoms. The van der Waals surface area contributed by atoms with E-state index in [1.54, 1.807) is 6.07 Å². The number of piperidine rings is 1. The molecular weight excluding hydrogens is 298 g/mol. The van der Waals surface area contributed by atoms with E-state index in [0.717, 1.165) is 18.6 Å². The van der Waals surface area contributed by atoms with Crippen molar-refractivity contribution in [2.45, 2.75) is 25.6 Å². The number of carbonyl (C=O) groups excluding carboxylic acids is 1. The summed E-state index contributed by atoms with van der Waals surface area (Å²) in [6.07, 6.45) is 1.44. The number of hydrogen-bond donors (Lipinski definition) is 0. The molecule has 2 heterocycles. The summed E-state index contributed by atoms with van der Waals surface area (Å²) < 4.78 is 22.4. The number of rotatable bonds is 5. The summed E-state index contributed by atoms with van der Waals surface area (Å²) in [4.78, 5) is 14.1. The van der Waals surface area contributed by atoms with Gasteiger partial charge in [-0.05, 0) is 19.1 Å². The molecule has 1 aromatic carbocycles. The average Bonchev–Trinajstić information content (AvgIpc) is 3.02. The summed E-state index contributed by atoms with van der Waals surface area (Å²) in [7, 11) is 0. The first-order valence-corrected chi connectivity index (χ1v) is 8.12. The van der Waals surface area contributed by atoms with Crippen molar-refractivity contribution in [3.63, 3.8) is 0 Å². The number of hydrogen-bond acceptors (Lipinski definition) is 5. The molecule has 0 atom stereocenters. The molecule has 0 N–H and O–H groups in total. The summed E-state index contributed by atoms with van der Waals surface area (Å²) in [5.74, 6) is 0.913. The van der Waals surface area contributed by atoms with Crippen molar-refractivity contribution in [1.82, 2.24) is 4.90 Å². The topological polar surface area (TPSA) is 57.2 Å². The Kier molecular flexibility index (Phi) is 5.03. The first kappa shape index (κ1) is 16.1. The van der Waals surface area contributed by atoms with Gasteiger partial charge in [-0.25, -0.2) is 0 Å². The van der Waals surface area contributed by atoms with Crippen molar-refractivity contribution in [2.75, 3.05) is 39.5 Å². The smallest absolute Gasteiger partial charge is 0.260 e. The Morgan fingerprint density at radius 2 is 1.83 bits per heavy atom. The minimum Gasteiger partial charge on any atom is -0.494 e. The maximum absolute atomic E-state index is 12.3. The minimum atomic E-state index is -0.455. The standard InChI is InChI=1S/C17H23NO5/c1-2-20-14-4-3-5-15(12-14)21-13-16(19)18-8-6-17(7-9-18)22-10-11-23-17/h3-5,12H,2,6-11,13H2,1H3. The minimum absolute atomic E-state index is 0.0142. The van der Waals surface area contributed by atoms with Crippen molar-refractivity contribution in [1.29, 1.82) is 0 Å². The van der Waals surface area contributed by atoms with E-state index in [2.05, 4.69) is 0 Å². The first-order valence-electron chi connectivity index (χ1n) is 8.12. The maximum Gasteiger partial charge on any atom is 0.260 e. The summed E-state index contributed by atoms with van der Waals surface area (Å²) in [6, 6.07) is 7.33. The Morgan fingerprint density at radius 1 is 1.17 bits per heavy atom. The van der Waals surface area contributed by atoms with Gasteiger partial charge in [-0.3, -0.25) is 4.79 Å². The maximum atomic E-state index is 12.3. The van der Waals surface area contributed by atoms with Crippen LogP contribution in [0.3, 0.4) is 0 Å². The van der Waals surface area contributed by atoms with Crippen molar-refractivity contribution >= 4 is 5.91 Å². The largest absolute Gasteiger partial charge is 0.494 e. The zero-order chi connectivity index (χ0) is 16.1. The van der Waals surface area contributed by atoms with Gasteiger partial charge in [0.25, 0.3) is 5.91 Å². The lowest BCUT2D eigenvalue weighted by Gasteiger charge is -2.37. The summed E-state index contributed by atoms with van der Waals surface area (Å²) in [5.41, 5.74) is 0. The number of carbonyl (C=O) groups is 1. The quantitative estimate of drug-likeness (QED) is 0.828. The van der Waals surface area contributed by atoms with E-state index < -0.39 is 5.79 Å². The summed E-state index contributed by atoms with van der Waals surface area (Å²) >= 11 is 0. The molecule has 0 radical (unpaired) electrons. The molecule has 2 aliphatic heterocycles. The molecule has 0 aromatic heterocycles. The molecule has 23 heavy (non-hydrogen) atoms. The van der Waals surface area contributed by atoms with Gasteiger partial charge in [0.1, 0.15) is 11.5 Å². The van der Waals surface area contributed by atoms with Gasteiger partial charge in [0.05, 0.1) is 19.8 Å². The van der Waals surface area contributed by atoms with E-state index in [4.69, 9.17) is 18.9 Å². The highest BCUT2D eigenvalue weighted by Crippen LogP contribution is 2.31. The van der Waals surface area contributed by atoms with E-state index in [9.17, 15) is 4.79 Å². The second-order valence-corrected chi connectivity index (χ2v) is 5.68. The van der Waals surface area contributed by atoms with Crippen LogP contribution in [0.5, 0.6) is 11.5 Å². The van der Waals surface area contributed by atoms with Crippen LogP contribution < -0.4 is 9.47 Å². The van der Waals surface area contributed by atoms with Crippen LogP contribution in [0.1, 0.15) is 19.8 Å². The highest BCUT2D eigenvalue weighted by Gasteiger charge is 2.40. The van der Waals surface area contributed by atoms with Gasteiger partial charge < -0.3 is 23.8 Å². The van der Waals surface area contributed by atoms with E-state index >= 15 is 0 Å². The van der Waals surface area contributed by atoms with Crippen LogP contribution in [0.25, 0.3) is 0 Å². The molecule has 6 heteroatoms. The second-order valence-electron chi connectivity index (χ2n) is 5.68. The van der Waals surface area contributed by atoms with E-state index in [-0.39, 0.29) is 12.5 Å². The third-order valence-corrected chi connectivity index (χ3v) is 4.17.